The quantitative estimate of drug-likeness (QED) is 0.265. The number of nitrogens with two attached hydrogens (primary N) is 1. The van der Waals surface area contributed by atoms with Crippen molar-refractivity contribution in [3.63, 3.8) is 0 Å². The molecule has 0 amide bonds. The minimum atomic E-state index is -0.221. The Labute approximate surface area is 69.5 Å². The van der Waals surface area contributed by atoms with Crippen LogP contribution in [-0.2, 0) is 6.42 Å². The summed E-state index contributed by atoms with van der Waals surface area (Å²) in [7, 11) is 0. The molecular formula is C6H11N5O. The molecule has 5 N–H and O–H groups in total. The zero-order valence-corrected chi connectivity index (χ0v) is 6.70. The molecule has 0 spiro atoms. The number of nitrogens with zero attached hydrogens (tertiary/aromatic N) is 2. The maximum Gasteiger partial charge on any atom is 0.240 e. The first-order valence-electron chi connectivity index (χ1n) is 3.52. The summed E-state index contributed by atoms with van der Waals surface area (Å²) >= 11 is 0. The van der Waals surface area contributed by atoms with E-state index in [-0.39, 0.29) is 5.96 Å². The van der Waals surface area contributed by atoms with Crippen molar-refractivity contribution in [3.8, 4) is 0 Å². The first-order chi connectivity index (χ1) is 5.69. The molecule has 0 aromatic carbocycles. The van der Waals surface area contributed by atoms with Gasteiger partial charge < -0.3 is 5.73 Å². The maximum absolute atomic E-state index is 8.38. The molecule has 6 nitrogen and oxygen atoms in total. The van der Waals surface area contributed by atoms with Crippen LogP contribution in [0.4, 0.5) is 5.69 Å². The highest BCUT2D eigenvalue weighted by atomic mass is 16.5. The lowest BCUT2D eigenvalue weighted by Crippen LogP contribution is -2.26. The van der Waals surface area contributed by atoms with Gasteiger partial charge in [-0.3, -0.25) is 10.6 Å². The van der Waals surface area contributed by atoms with Crippen molar-refractivity contribution >= 4 is 11.6 Å². The second kappa shape index (κ2) is 3.22. The van der Waals surface area contributed by atoms with E-state index in [1.807, 2.05) is 6.92 Å². The normalized spacial score (nSPS) is 9.83. The van der Waals surface area contributed by atoms with Crippen LogP contribution in [0.1, 0.15) is 12.6 Å². The molecule has 1 heterocycles. The average molecular weight is 169 g/mol. The highest BCUT2D eigenvalue weighted by Crippen LogP contribution is 2.08. The second-order valence-electron chi connectivity index (χ2n) is 2.29. The molecule has 1 aromatic heterocycles. The zero-order valence-electron chi connectivity index (χ0n) is 6.70. The van der Waals surface area contributed by atoms with Crippen LogP contribution in [0.3, 0.4) is 0 Å². The van der Waals surface area contributed by atoms with E-state index >= 15 is 0 Å². The third-order valence-corrected chi connectivity index (χ3v) is 1.49. The minimum absolute atomic E-state index is 0.221. The van der Waals surface area contributed by atoms with Crippen LogP contribution in [-0.4, -0.2) is 20.9 Å². The average Bonchev–Trinajstić information content (AvgIpc) is 2.45. The molecule has 0 atom stereocenters. The molecule has 0 radical (unpaired) electrons. The molecular weight excluding hydrogens is 158 g/mol. The van der Waals surface area contributed by atoms with Gasteiger partial charge in [0, 0.05) is 0 Å². The van der Waals surface area contributed by atoms with E-state index in [9.17, 15) is 0 Å². The Morgan fingerprint density at radius 1 is 1.92 bits per heavy atom. The summed E-state index contributed by atoms with van der Waals surface area (Å²) in [6, 6.07) is 0. The molecule has 0 aliphatic carbocycles. The topological polar surface area (TPSA) is 100.0 Å². The Hall–Kier alpha value is -1.56. The fourth-order valence-corrected chi connectivity index (χ4v) is 0.864. The Morgan fingerprint density at radius 3 is 3.00 bits per heavy atom. The fraction of sp³-hybridized carbons (Fsp3) is 0.333. The van der Waals surface area contributed by atoms with Crippen molar-refractivity contribution in [2.24, 2.45) is 0 Å². The molecule has 12 heavy (non-hydrogen) atoms. The summed E-state index contributed by atoms with van der Waals surface area (Å²) in [5.41, 5.74) is 8.47. The number of hydrogen-bond donors (Lipinski definition) is 4. The first-order valence-corrected chi connectivity index (χ1v) is 3.52. The van der Waals surface area contributed by atoms with Gasteiger partial charge in [0.15, 0.2) is 0 Å². The van der Waals surface area contributed by atoms with Crippen molar-refractivity contribution in [3.05, 3.63) is 11.9 Å². The molecule has 0 saturated carbocycles. The zero-order chi connectivity index (χ0) is 9.14. The smallest absolute Gasteiger partial charge is 0.240 e. The van der Waals surface area contributed by atoms with E-state index in [1.165, 1.54) is 10.9 Å². The van der Waals surface area contributed by atoms with E-state index in [2.05, 4.69) is 5.10 Å². The largest absolute Gasteiger partial charge is 0.396 e. The molecule has 6 heteroatoms. The van der Waals surface area contributed by atoms with Crippen LogP contribution >= 0.6 is 0 Å². The molecule has 0 bridgehead atoms. The number of hydrogen-bond acceptors (Lipinski definition) is 4. The van der Waals surface area contributed by atoms with Gasteiger partial charge in [-0.1, -0.05) is 6.92 Å². The van der Waals surface area contributed by atoms with E-state index in [0.29, 0.717) is 12.1 Å². The van der Waals surface area contributed by atoms with Gasteiger partial charge >= 0.3 is 0 Å². The lowest BCUT2D eigenvalue weighted by atomic mass is 10.3. The van der Waals surface area contributed by atoms with Gasteiger partial charge in [0.2, 0.25) is 5.96 Å². The highest BCUT2D eigenvalue weighted by Gasteiger charge is 2.05. The number of nitrogen functional groups attached to an aromatic ring is 1. The Morgan fingerprint density at radius 2 is 2.58 bits per heavy atom. The van der Waals surface area contributed by atoms with Crippen molar-refractivity contribution in [2.45, 2.75) is 13.3 Å². The Bertz CT molecular complexity index is 292. The SMILES string of the molecule is CCc1nn(C(=N)NO)cc1N. The summed E-state index contributed by atoms with van der Waals surface area (Å²) < 4.78 is 1.17. The van der Waals surface area contributed by atoms with Crippen LogP contribution in [0.25, 0.3) is 0 Å². The number of anilines is 1. The molecule has 0 aliphatic heterocycles. The minimum Gasteiger partial charge on any atom is -0.396 e. The number of hydroxylamine groups is 1. The second-order valence-corrected chi connectivity index (χ2v) is 2.29. The Balaban J connectivity index is 2.96. The fourth-order valence-electron chi connectivity index (χ4n) is 0.864. The van der Waals surface area contributed by atoms with Gasteiger partial charge in [-0.05, 0) is 6.42 Å². The van der Waals surface area contributed by atoms with Crippen LogP contribution < -0.4 is 11.2 Å². The Kier molecular flexibility index (Phi) is 2.29. The molecule has 0 aliphatic rings. The van der Waals surface area contributed by atoms with Gasteiger partial charge in [-0.25, -0.2) is 10.2 Å². The van der Waals surface area contributed by atoms with Crippen LogP contribution in [0.5, 0.6) is 0 Å². The number of aryl methyl sites for hydroxylation is 1. The monoisotopic (exact) mass is 169 g/mol. The summed E-state index contributed by atoms with van der Waals surface area (Å²) in [6.07, 6.45) is 2.18. The van der Waals surface area contributed by atoms with Gasteiger partial charge in [0.25, 0.3) is 0 Å². The highest BCUT2D eigenvalue weighted by molar-refractivity contribution is 5.77. The van der Waals surface area contributed by atoms with Crippen LogP contribution in [0, 0.1) is 5.41 Å². The van der Waals surface area contributed by atoms with Gasteiger partial charge in [-0.2, -0.15) is 5.10 Å². The van der Waals surface area contributed by atoms with E-state index in [4.69, 9.17) is 16.4 Å². The molecule has 1 aromatic rings. The number of rotatable bonds is 1. The summed E-state index contributed by atoms with van der Waals surface area (Å²) in [5, 5.41) is 19.5. The van der Waals surface area contributed by atoms with E-state index in [0.717, 1.165) is 5.69 Å². The number of aromatic nitrogens is 2. The van der Waals surface area contributed by atoms with Crippen LogP contribution in [0.2, 0.25) is 0 Å². The summed E-state index contributed by atoms with van der Waals surface area (Å²) in [6.45, 7) is 1.92. The van der Waals surface area contributed by atoms with Crippen molar-refractivity contribution < 1.29 is 5.21 Å². The molecule has 66 valence electrons. The predicted octanol–water partition coefficient (Wildman–Crippen LogP) is -0.211. The van der Waals surface area contributed by atoms with Crippen molar-refractivity contribution in [1.82, 2.24) is 15.3 Å². The summed E-state index contributed by atoms with van der Waals surface area (Å²) in [5.74, 6) is -0.221. The molecule has 0 unspecified atom stereocenters. The van der Waals surface area contributed by atoms with Gasteiger partial charge in [0.1, 0.15) is 0 Å². The molecule has 0 saturated heterocycles. The standard InChI is InChI=1S/C6H11N5O/c1-2-5-4(7)3-11(9-5)6(8)10-12/h3,12H,2,7H2,1H3,(H2,8,10). The third kappa shape index (κ3) is 1.37. The lowest BCUT2D eigenvalue weighted by Gasteiger charge is -1.98. The summed E-state index contributed by atoms with van der Waals surface area (Å²) in [4.78, 5) is 0. The van der Waals surface area contributed by atoms with E-state index < -0.39 is 0 Å². The van der Waals surface area contributed by atoms with Crippen molar-refractivity contribution in [2.75, 3.05) is 5.73 Å². The van der Waals surface area contributed by atoms with Crippen molar-refractivity contribution in [1.29, 1.82) is 5.41 Å². The third-order valence-electron chi connectivity index (χ3n) is 1.49. The molecule has 1 rings (SSSR count). The first kappa shape index (κ1) is 8.54. The van der Waals surface area contributed by atoms with E-state index in [1.54, 1.807) is 5.48 Å². The lowest BCUT2D eigenvalue weighted by molar-refractivity contribution is 0.228. The van der Waals surface area contributed by atoms with Gasteiger partial charge in [0.05, 0.1) is 17.6 Å². The predicted molar refractivity (Wildman–Crippen MR) is 44.1 cm³/mol. The molecule has 0 fully saturated rings. The van der Waals surface area contributed by atoms with Gasteiger partial charge in [-0.15, -0.1) is 0 Å². The van der Waals surface area contributed by atoms with Crippen LogP contribution in [0.15, 0.2) is 6.20 Å². The number of nitrogens with one attached hydrogen (secondary N) is 2. The maximum atomic E-state index is 8.38.